The van der Waals surface area contributed by atoms with Gasteiger partial charge in [-0.3, -0.25) is 19.0 Å². The lowest BCUT2D eigenvalue weighted by atomic mass is 10.1. The van der Waals surface area contributed by atoms with Crippen LogP contribution in [0.15, 0.2) is 46.6 Å². The number of nitrogens with zero attached hydrogens (tertiary/aromatic N) is 5. The van der Waals surface area contributed by atoms with Gasteiger partial charge in [0.25, 0.3) is 11.5 Å². The van der Waals surface area contributed by atoms with E-state index in [1.54, 1.807) is 4.90 Å². The molecule has 9 heteroatoms. The average Bonchev–Trinajstić information content (AvgIpc) is 3.39. The van der Waals surface area contributed by atoms with Crippen LogP contribution in [-0.2, 0) is 11.3 Å². The highest BCUT2D eigenvalue weighted by molar-refractivity contribution is 7.12. The van der Waals surface area contributed by atoms with Crippen LogP contribution in [0.1, 0.15) is 42.9 Å². The Balaban J connectivity index is 1.70. The van der Waals surface area contributed by atoms with Gasteiger partial charge in [-0.1, -0.05) is 24.3 Å². The van der Waals surface area contributed by atoms with Gasteiger partial charge in [0.2, 0.25) is 5.91 Å². The number of carbonyl (C=O) groups is 2. The van der Waals surface area contributed by atoms with E-state index >= 15 is 0 Å². The SMILES string of the molecule is CC(C)N(C(=O)Cn1c(=O)c(C#N)c(N2CCN(C(=O)c3cccs3)CC2)c2ccccc21)C(C)C. The smallest absolute Gasteiger partial charge is 0.271 e. The van der Waals surface area contributed by atoms with Crippen molar-refractivity contribution in [1.29, 1.82) is 5.26 Å². The van der Waals surface area contributed by atoms with E-state index in [1.807, 2.05) is 79.3 Å². The summed E-state index contributed by atoms with van der Waals surface area (Å²) in [6.45, 7) is 9.67. The second-order valence-corrected chi connectivity index (χ2v) is 10.4. The Kier molecular flexibility index (Phi) is 7.45. The van der Waals surface area contributed by atoms with Crippen LogP contribution in [0.2, 0.25) is 0 Å². The van der Waals surface area contributed by atoms with Gasteiger partial charge in [0, 0.05) is 43.6 Å². The van der Waals surface area contributed by atoms with Crippen molar-refractivity contribution in [3.63, 3.8) is 0 Å². The fourth-order valence-corrected chi connectivity index (χ4v) is 5.74. The monoisotopic (exact) mass is 505 g/mol. The predicted octanol–water partition coefficient (Wildman–Crippen LogP) is 3.54. The maximum absolute atomic E-state index is 13.6. The minimum Gasteiger partial charge on any atom is -0.366 e. The van der Waals surface area contributed by atoms with Gasteiger partial charge in [-0.05, 0) is 45.2 Å². The van der Waals surface area contributed by atoms with Crippen LogP contribution in [0.25, 0.3) is 10.9 Å². The highest BCUT2D eigenvalue weighted by atomic mass is 32.1. The zero-order chi connectivity index (χ0) is 26.0. The molecular weight excluding hydrogens is 474 g/mol. The van der Waals surface area contributed by atoms with E-state index in [0.29, 0.717) is 42.3 Å². The Bertz CT molecular complexity index is 1350. The number of carbonyl (C=O) groups excluding carboxylic acids is 2. The number of piperazine rings is 1. The number of thiophene rings is 1. The lowest BCUT2D eigenvalue weighted by Crippen LogP contribution is -2.49. The molecule has 4 rings (SSSR count). The van der Waals surface area contributed by atoms with E-state index in [4.69, 9.17) is 0 Å². The number of aromatic nitrogens is 1. The highest BCUT2D eigenvalue weighted by Crippen LogP contribution is 2.30. The Morgan fingerprint density at radius 1 is 1.03 bits per heavy atom. The van der Waals surface area contributed by atoms with Crippen LogP contribution >= 0.6 is 11.3 Å². The third-order valence-electron chi connectivity index (χ3n) is 6.57. The van der Waals surface area contributed by atoms with Crippen molar-refractivity contribution in [2.24, 2.45) is 0 Å². The molecule has 0 N–H and O–H groups in total. The molecule has 8 nitrogen and oxygen atoms in total. The topological polar surface area (TPSA) is 89.6 Å². The van der Waals surface area contributed by atoms with Gasteiger partial charge in [-0.2, -0.15) is 5.26 Å². The van der Waals surface area contributed by atoms with Crippen LogP contribution in [0, 0.1) is 11.3 Å². The van der Waals surface area contributed by atoms with Crippen molar-refractivity contribution in [3.05, 3.63) is 62.6 Å². The van der Waals surface area contributed by atoms with Gasteiger partial charge in [-0.15, -0.1) is 11.3 Å². The molecule has 1 aliphatic heterocycles. The Morgan fingerprint density at radius 3 is 2.28 bits per heavy atom. The first-order valence-corrected chi connectivity index (χ1v) is 13.1. The number of anilines is 1. The first-order chi connectivity index (χ1) is 17.2. The molecule has 1 saturated heterocycles. The van der Waals surface area contributed by atoms with Crippen LogP contribution in [-0.4, -0.2) is 64.4 Å². The minimum atomic E-state index is -0.468. The van der Waals surface area contributed by atoms with Gasteiger partial charge in [0.05, 0.1) is 16.1 Å². The summed E-state index contributed by atoms with van der Waals surface area (Å²) in [5, 5.41) is 12.7. The summed E-state index contributed by atoms with van der Waals surface area (Å²) in [6.07, 6.45) is 0. The average molecular weight is 506 g/mol. The number of hydrogen-bond donors (Lipinski definition) is 0. The second-order valence-electron chi connectivity index (χ2n) is 9.49. The van der Waals surface area contributed by atoms with Crippen molar-refractivity contribution < 1.29 is 9.59 Å². The largest absolute Gasteiger partial charge is 0.366 e. The van der Waals surface area contributed by atoms with Gasteiger partial charge >= 0.3 is 0 Å². The lowest BCUT2D eigenvalue weighted by Gasteiger charge is -2.37. The quantitative estimate of drug-likeness (QED) is 0.511. The van der Waals surface area contributed by atoms with E-state index in [-0.39, 0.29) is 36.0 Å². The zero-order valence-corrected chi connectivity index (χ0v) is 21.9. The summed E-state index contributed by atoms with van der Waals surface area (Å²) < 4.78 is 1.42. The van der Waals surface area contributed by atoms with E-state index in [9.17, 15) is 19.6 Å². The van der Waals surface area contributed by atoms with Crippen LogP contribution in [0.4, 0.5) is 5.69 Å². The molecule has 0 bridgehead atoms. The predicted molar refractivity (Wildman–Crippen MR) is 142 cm³/mol. The van der Waals surface area contributed by atoms with E-state index < -0.39 is 5.56 Å². The number of fused-ring (bicyclic) bond motifs is 1. The summed E-state index contributed by atoms with van der Waals surface area (Å²) in [5.41, 5.74) is 0.758. The zero-order valence-electron chi connectivity index (χ0n) is 21.1. The van der Waals surface area contributed by atoms with Gasteiger partial charge in [0.15, 0.2) is 0 Å². The summed E-state index contributed by atoms with van der Waals surface area (Å²) in [7, 11) is 0. The lowest BCUT2D eigenvalue weighted by molar-refractivity contribution is -0.135. The number of amides is 2. The maximum atomic E-state index is 13.6. The van der Waals surface area contributed by atoms with Gasteiger partial charge < -0.3 is 14.7 Å². The van der Waals surface area contributed by atoms with Crippen molar-refractivity contribution in [2.45, 2.75) is 46.3 Å². The van der Waals surface area contributed by atoms with Gasteiger partial charge in [0.1, 0.15) is 18.2 Å². The molecule has 0 spiro atoms. The Morgan fingerprint density at radius 2 is 1.69 bits per heavy atom. The third kappa shape index (κ3) is 4.73. The molecule has 0 atom stereocenters. The summed E-state index contributed by atoms with van der Waals surface area (Å²) in [4.78, 5) is 45.8. The molecule has 2 aromatic heterocycles. The molecule has 1 fully saturated rings. The van der Waals surface area contributed by atoms with Crippen molar-refractivity contribution in [3.8, 4) is 6.07 Å². The molecule has 0 radical (unpaired) electrons. The van der Waals surface area contributed by atoms with Crippen molar-refractivity contribution in [2.75, 3.05) is 31.1 Å². The molecule has 1 aliphatic rings. The summed E-state index contributed by atoms with van der Waals surface area (Å²) in [6, 6.07) is 13.2. The summed E-state index contributed by atoms with van der Waals surface area (Å²) in [5.74, 6) is -0.159. The minimum absolute atomic E-state index is 0.00352. The Labute approximate surface area is 215 Å². The summed E-state index contributed by atoms with van der Waals surface area (Å²) >= 11 is 1.42. The first kappa shape index (κ1) is 25.5. The number of benzene rings is 1. The second kappa shape index (κ2) is 10.5. The standard InChI is InChI=1S/C27H31N5O3S/c1-18(2)32(19(3)4)24(33)17-31-22-9-6-5-8-20(22)25(21(16-28)26(31)34)29-11-13-30(14-12-29)27(35)23-10-7-15-36-23/h5-10,15,18-19H,11-14,17H2,1-4H3. The molecule has 188 valence electrons. The van der Waals surface area contributed by atoms with Crippen molar-refractivity contribution >= 4 is 39.7 Å². The van der Waals surface area contributed by atoms with E-state index in [1.165, 1.54) is 15.9 Å². The van der Waals surface area contributed by atoms with Crippen LogP contribution in [0.5, 0.6) is 0 Å². The molecule has 3 heterocycles. The molecule has 0 unspecified atom stereocenters. The number of hydrogen-bond acceptors (Lipinski definition) is 6. The van der Waals surface area contributed by atoms with Gasteiger partial charge in [-0.25, -0.2) is 0 Å². The molecule has 36 heavy (non-hydrogen) atoms. The fraction of sp³-hybridized carbons (Fsp3) is 0.407. The maximum Gasteiger partial charge on any atom is 0.271 e. The normalized spacial score (nSPS) is 13.9. The Hall–Kier alpha value is -3.64. The highest BCUT2D eigenvalue weighted by Gasteiger charge is 2.28. The number of nitriles is 1. The first-order valence-electron chi connectivity index (χ1n) is 12.2. The number of para-hydroxylation sites is 1. The molecular formula is C27H31N5O3S. The molecule has 0 aliphatic carbocycles. The van der Waals surface area contributed by atoms with Crippen molar-refractivity contribution in [1.82, 2.24) is 14.4 Å². The molecule has 0 saturated carbocycles. The number of rotatable bonds is 6. The van der Waals surface area contributed by atoms with E-state index in [0.717, 1.165) is 5.39 Å². The fourth-order valence-electron chi connectivity index (χ4n) is 5.05. The molecule has 2 amide bonds. The van der Waals surface area contributed by atoms with Crippen LogP contribution in [0.3, 0.4) is 0 Å². The molecule has 1 aromatic carbocycles. The van der Waals surface area contributed by atoms with Crippen LogP contribution < -0.4 is 10.5 Å². The van der Waals surface area contributed by atoms with E-state index in [2.05, 4.69) is 6.07 Å². The molecule has 3 aromatic rings. The third-order valence-corrected chi connectivity index (χ3v) is 7.42. The number of pyridine rings is 1.